The van der Waals surface area contributed by atoms with Crippen molar-refractivity contribution >= 4 is 28.9 Å². The van der Waals surface area contributed by atoms with Crippen LogP contribution in [-0.2, 0) is 9.53 Å². The summed E-state index contributed by atoms with van der Waals surface area (Å²) in [5.41, 5.74) is 5.75. The summed E-state index contributed by atoms with van der Waals surface area (Å²) in [6, 6.07) is 9.99. The topological polar surface area (TPSA) is 134 Å². The predicted molar refractivity (Wildman–Crippen MR) is 94.0 cm³/mol. The first kappa shape index (κ1) is 18.7. The van der Waals surface area contributed by atoms with Gasteiger partial charge in [0.15, 0.2) is 6.10 Å². The van der Waals surface area contributed by atoms with E-state index in [9.17, 15) is 19.7 Å². The number of nitrogens with zero attached hydrogens (tertiary/aromatic N) is 1. The molecule has 2 aromatic rings. The molecule has 9 nitrogen and oxygen atoms in total. The molecule has 136 valence electrons. The maximum absolute atomic E-state index is 12.1. The Bertz CT molecular complexity index is 835. The predicted octanol–water partition coefficient (Wildman–Crippen LogP) is 2.37. The summed E-state index contributed by atoms with van der Waals surface area (Å²) in [6.07, 6.45) is -1.10. The van der Waals surface area contributed by atoms with Gasteiger partial charge in [0.05, 0.1) is 23.3 Å². The monoisotopic (exact) mass is 359 g/mol. The molecule has 1 atom stereocenters. The lowest BCUT2D eigenvalue weighted by Gasteiger charge is -2.14. The number of hydrogen-bond acceptors (Lipinski definition) is 7. The number of esters is 1. The lowest BCUT2D eigenvalue weighted by Crippen LogP contribution is -2.30. The molecule has 0 aliphatic heterocycles. The van der Waals surface area contributed by atoms with Gasteiger partial charge in [0.1, 0.15) is 5.75 Å². The van der Waals surface area contributed by atoms with Crippen LogP contribution in [0.4, 0.5) is 17.1 Å². The van der Waals surface area contributed by atoms with Gasteiger partial charge in [-0.2, -0.15) is 0 Å². The van der Waals surface area contributed by atoms with Gasteiger partial charge in [-0.05, 0) is 37.3 Å². The van der Waals surface area contributed by atoms with Gasteiger partial charge < -0.3 is 20.5 Å². The molecule has 0 radical (unpaired) electrons. The highest BCUT2D eigenvalue weighted by Gasteiger charge is 2.21. The van der Waals surface area contributed by atoms with Gasteiger partial charge in [-0.3, -0.25) is 14.9 Å². The summed E-state index contributed by atoms with van der Waals surface area (Å²) < 4.78 is 10.1. The molecular weight excluding hydrogens is 342 g/mol. The minimum absolute atomic E-state index is 0.0558. The van der Waals surface area contributed by atoms with Gasteiger partial charge in [0, 0.05) is 17.8 Å². The third-order valence-electron chi connectivity index (χ3n) is 3.48. The summed E-state index contributed by atoms with van der Waals surface area (Å²) in [4.78, 5) is 34.3. The van der Waals surface area contributed by atoms with Crippen LogP contribution >= 0.6 is 0 Å². The number of nitro groups is 1. The number of carbonyl (C=O) groups excluding carboxylic acids is 2. The van der Waals surface area contributed by atoms with Crippen LogP contribution < -0.4 is 15.8 Å². The second kappa shape index (κ2) is 7.97. The Morgan fingerprint density at radius 1 is 1.19 bits per heavy atom. The number of nitrogens with two attached hydrogens (primary N) is 1. The number of anilines is 2. The van der Waals surface area contributed by atoms with Crippen LogP contribution in [0.5, 0.6) is 5.75 Å². The standard InChI is InChI=1S/C17H17N3O6/c1-10(16(21)19-11-3-6-13(25-2)7-4-11)26-17(22)14-8-5-12(20(23)24)9-15(14)18/h3-10H,18H2,1-2H3,(H,19,21). The smallest absolute Gasteiger partial charge is 0.341 e. The van der Waals surface area contributed by atoms with E-state index in [1.807, 2.05) is 0 Å². The zero-order valence-corrected chi connectivity index (χ0v) is 14.1. The highest BCUT2D eigenvalue weighted by molar-refractivity contribution is 5.99. The van der Waals surface area contributed by atoms with Gasteiger partial charge >= 0.3 is 5.97 Å². The summed E-state index contributed by atoms with van der Waals surface area (Å²) in [7, 11) is 1.53. The number of nitro benzene ring substituents is 1. The van der Waals surface area contributed by atoms with E-state index < -0.39 is 22.9 Å². The van der Waals surface area contributed by atoms with Crippen molar-refractivity contribution in [2.24, 2.45) is 0 Å². The van der Waals surface area contributed by atoms with Crippen molar-refractivity contribution in [1.82, 2.24) is 0 Å². The number of hydrogen-bond donors (Lipinski definition) is 2. The first-order valence-electron chi connectivity index (χ1n) is 7.51. The molecule has 0 aromatic heterocycles. The van der Waals surface area contributed by atoms with Crippen LogP contribution in [0.25, 0.3) is 0 Å². The highest BCUT2D eigenvalue weighted by atomic mass is 16.6. The molecule has 26 heavy (non-hydrogen) atoms. The highest BCUT2D eigenvalue weighted by Crippen LogP contribution is 2.21. The summed E-state index contributed by atoms with van der Waals surface area (Å²) in [5, 5.41) is 13.3. The van der Waals surface area contributed by atoms with E-state index >= 15 is 0 Å². The van der Waals surface area contributed by atoms with Gasteiger partial charge in [-0.15, -0.1) is 0 Å². The SMILES string of the molecule is COc1ccc(NC(=O)C(C)OC(=O)c2ccc([N+](=O)[O-])cc2N)cc1. The van der Waals surface area contributed by atoms with Crippen molar-refractivity contribution < 1.29 is 24.0 Å². The fourth-order valence-corrected chi connectivity index (χ4v) is 2.05. The number of ether oxygens (including phenoxy) is 2. The van der Waals surface area contributed by atoms with Crippen LogP contribution in [0.15, 0.2) is 42.5 Å². The van der Waals surface area contributed by atoms with Crippen LogP contribution in [0.1, 0.15) is 17.3 Å². The average molecular weight is 359 g/mol. The van der Waals surface area contributed by atoms with E-state index in [-0.39, 0.29) is 16.9 Å². The molecule has 0 aliphatic carbocycles. The van der Waals surface area contributed by atoms with Crippen LogP contribution in [0.2, 0.25) is 0 Å². The number of benzene rings is 2. The molecule has 0 aliphatic rings. The molecule has 0 saturated carbocycles. The Morgan fingerprint density at radius 2 is 1.85 bits per heavy atom. The van der Waals surface area contributed by atoms with Crippen LogP contribution in [0.3, 0.4) is 0 Å². The normalized spacial score (nSPS) is 11.3. The molecule has 0 heterocycles. The Balaban J connectivity index is 2.01. The second-order valence-corrected chi connectivity index (χ2v) is 5.29. The molecule has 2 rings (SSSR count). The molecule has 0 fully saturated rings. The molecule has 0 spiro atoms. The molecule has 3 N–H and O–H groups in total. The van der Waals surface area contributed by atoms with Crippen molar-refractivity contribution in [2.75, 3.05) is 18.2 Å². The Labute approximate surface area is 148 Å². The third-order valence-corrected chi connectivity index (χ3v) is 3.48. The number of methoxy groups -OCH3 is 1. The Hall–Kier alpha value is -3.62. The van der Waals surface area contributed by atoms with Crippen molar-refractivity contribution in [2.45, 2.75) is 13.0 Å². The largest absolute Gasteiger partial charge is 0.497 e. The lowest BCUT2D eigenvalue weighted by molar-refractivity contribution is -0.384. The van der Waals surface area contributed by atoms with Gasteiger partial charge in [0.25, 0.3) is 11.6 Å². The number of carbonyl (C=O) groups is 2. The van der Waals surface area contributed by atoms with Crippen molar-refractivity contribution in [3.8, 4) is 5.75 Å². The van der Waals surface area contributed by atoms with E-state index in [0.29, 0.717) is 11.4 Å². The van der Waals surface area contributed by atoms with Crippen LogP contribution in [0, 0.1) is 10.1 Å². The summed E-state index contributed by atoms with van der Waals surface area (Å²) in [5.74, 6) is -0.755. The zero-order chi connectivity index (χ0) is 19.3. The molecule has 0 bridgehead atoms. The number of nitrogen functional groups attached to an aromatic ring is 1. The molecule has 2 aromatic carbocycles. The number of rotatable bonds is 6. The third kappa shape index (κ3) is 4.47. The average Bonchev–Trinajstić information content (AvgIpc) is 2.61. The number of amides is 1. The molecular formula is C17H17N3O6. The zero-order valence-electron chi connectivity index (χ0n) is 14.1. The van der Waals surface area contributed by atoms with Gasteiger partial charge in [-0.1, -0.05) is 0 Å². The molecule has 0 saturated heterocycles. The van der Waals surface area contributed by atoms with Crippen molar-refractivity contribution in [1.29, 1.82) is 0 Å². The summed E-state index contributed by atoms with van der Waals surface area (Å²) in [6.45, 7) is 1.40. The van der Waals surface area contributed by atoms with E-state index in [0.717, 1.165) is 12.1 Å². The quantitative estimate of drug-likeness (QED) is 0.350. The number of non-ortho nitro benzene ring substituents is 1. The van der Waals surface area contributed by atoms with Crippen molar-refractivity contribution in [3.63, 3.8) is 0 Å². The molecule has 1 amide bonds. The molecule has 1 unspecified atom stereocenters. The van der Waals surface area contributed by atoms with E-state index in [1.54, 1.807) is 24.3 Å². The fourth-order valence-electron chi connectivity index (χ4n) is 2.05. The minimum Gasteiger partial charge on any atom is -0.497 e. The van der Waals surface area contributed by atoms with Gasteiger partial charge in [-0.25, -0.2) is 4.79 Å². The maximum Gasteiger partial charge on any atom is 0.341 e. The maximum atomic E-state index is 12.1. The first-order valence-corrected chi connectivity index (χ1v) is 7.51. The van der Waals surface area contributed by atoms with Crippen molar-refractivity contribution in [3.05, 3.63) is 58.1 Å². The number of nitrogens with one attached hydrogen (secondary N) is 1. The van der Waals surface area contributed by atoms with E-state index in [4.69, 9.17) is 15.2 Å². The van der Waals surface area contributed by atoms with E-state index in [2.05, 4.69) is 5.32 Å². The van der Waals surface area contributed by atoms with Gasteiger partial charge in [0.2, 0.25) is 0 Å². The Morgan fingerprint density at radius 3 is 2.38 bits per heavy atom. The summed E-state index contributed by atoms with van der Waals surface area (Å²) >= 11 is 0. The van der Waals surface area contributed by atoms with E-state index in [1.165, 1.54) is 20.1 Å². The minimum atomic E-state index is -1.10. The first-order chi connectivity index (χ1) is 12.3. The van der Waals surface area contributed by atoms with Crippen LogP contribution in [-0.4, -0.2) is 30.0 Å². The molecule has 9 heteroatoms. The fraction of sp³-hybridized carbons (Fsp3) is 0.176. The second-order valence-electron chi connectivity index (χ2n) is 5.29. The lowest BCUT2D eigenvalue weighted by atomic mass is 10.1. The Kier molecular flexibility index (Phi) is 5.74.